The molecule has 0 aromatic heterocycles. The fourth-order valence-electron chi connectivity index (χ4n) is 2.17. The van der Waals surface area contributed by atoms with Gasteiger partial charge in [0.15, 0.2) is 0 Å². The quantitative estimate of drug-likeness (QED) is 0.828. The second-order valence-corrected chi connectivity index (χ2v) is 5.54. The van der Waals surface area contributed by atoms with Gasteiger partial charge < -0.3 is 10.1 Å². The molecule has 0 aliphatic rings. The van der Waals surface area contributed by atoms with E-state index in [1.165, 1.54) is 5.56 Å². The molecule has 0 saturated carbocycles. The molecule has 0 fully saturated rings. The first kappa shape index (κ1) is 14.4. The normalized spacial score (nSPS) is 10.9. The van der Waals surface area contributed by atoms with Crippen LogP contribution in [0.4, 0.5) is 5.69 Å². The Balaban J connectivity index is 2.36. The van der Waals surface area contributed by atoms with Crippen molar-refractivity contribution in [3.8, 4) is 16.9 Å². The maximum atomic E-state index is 5.90. The summed E-state index contributed by atoms with van der Waals surface area (Å²) in [5.41, 5.74) is 3.44. The predicted octanol–water partition coefficient (Wildman–Crippen LogP) is 4.96. The molecule has 0 unspecified atom stereocenters. The molecule has 0 atom stereocenters. The topological polar surface area (TPSA) is 21.3 Å². The summed E-state index contributed by atoms with van der Waals surface area (Å²) in [7, 11) is 0. The number of benzene rings is 2. The van der Waals surface area contributed by atoms with Crippen LogP contribution in [0.2, 0.25) is 0 Å². The number of hydrogen-bond donors (Lipinski definition) is 1. The zero-order valence-electron chi connectivity index (χ0n) is 12.7. The van der Waals surface area contributed by atoms with Crippen LogP contribution in [0.5, 0.6) is 5.75 Å². The summed E-state index contributed by atoms with van der Waals surface area (Å²) in [4.78, 5) is 0. The molecule has 0 amide bonds. The van der Waals surface area contributed by atoms with Gasteiger partial charge in [0.2, 0.25) is 0 Å². The van der Waals surface area contributed by atoms with Gasteiger partial charge in [0, 0.05) is 17.3 Å². The highest BCUT2D eigenvalue weighted by Gasteiger charge is 2.08. The first-order valence-corrected chi connectivity index (χ1v) is 7.19. The van der Waals surface area contributed by atoms with Crippen molar-refractivity contribution < 1.29 is 4.74 Å². The molecular weight excluding hydrogens is 246 g/mol. The van der Waals surface area contributed by atoms with Crippen molar-refractivity contribution in [1.82, 2.24) is 0 Å². The largest absolute Gasteiger partial charge is 0.490 e. The van der Waals surface area contributed by atoms with Crippen molar-refractivity contribution in [2.75, 3.05) is 5.32 Å². The van der Waals surface area contributed by atoms with Crippen molar-refractivity contribution in [1.29, 1.82) is 0 Å². The van der Waals surface area contributed by atoms with Crippen LogP contribution in [0.1, 0.15) is 27.7 Å². The summed E-state index contributed by atoms with van der Waals surface area (Å²) in [6, 6.07) is 17.1. The molecule has 0 aliphatic heterocycles. The van der Waals surface area contributed by atoms with Gasteiger partial charge in [-0.15, -0.1) is 0 Å². The zero-order chi connectivity index (χ0) is 14.5. The lowest BCUT2D eigenvalue weighted by molar-refractivity contribution is 0.243. The smallest absolute Gasteiger partial charge is 0.127 e. The molecule has 1 N–H and O–H groups in total. The van der Waals surface area contributed by atoms with E-state index in [1.807, 2.05) is 32.0 Å². The summed E-state index contributed by atoms with van der Waals surface area (Å²) >= 11 is 0. The monoisotopic (exact) mass is 269 g/mol. The SMILES string of the molecule is CC(C)Nc1cccc(-c2ccccc2OC(C)C)c1. The second-order valence-electron chi connectivity index (χ2n) is 5.54. The van der Waals surface area contributed by atoms with Crippen LogP contribution in [-0.2, 0) is 0 Å². The molecule has 2 aromatic rings. The highest BCUT2D eigenvalue weighted by Crippen LogP contribution is 2.32. The Morgan fingerprint density at radius 3 is 2.35 bits per heavy atom. The Hall–Kier alpha value is -1.96. The van der Waals surface area contributed by atoms with Crippen molar-refractivity contribution in [2.24, 2.45) is 0 Å². The third-order valence-electron chi connectivity index (χ3n) is 2.88. The van der Waals surface area contributed by atoms with Crippen molar-refractivity contribution in [3.63, 3.8) is 0 Å². The Kier molecular flexibility index (Phi) is 4.67. The van der Waals surface area contributed by atoms with E-state index >= 15 is 0 Å². The average Bonchev–Trinajstić information content (AvgIpc) is 2.38. The first-order valence-electron chi connectivity index (χ1n) is 7.19. The van der Waals surface area contributed by atoms with E-state index < -0.39 is 0 Å². The Morgan fingerprint density at radius 2 is 1.65 bits per heavy atom. The Morgan fingerprint density at radius 1 is 0.900 bits per heavy atom. The van der Waals surface area contributed by atoms with E-state index in [2.05, 4.69) is 49.5 Å². The zero-order valence-corrected chi connectivity index (χ0v) is 12.7. The molecular formula is C18H23NO. The van der Waals surface area contributed by atoms with Gasteiger partial charge in [0.25, 0.3) is 0 Å². The molecule has 2 rings (SSSR count). The number of hydrogen-bond acceptors (Lipinski definition) is 2. The lowest BCUT2D eigenvalue weighted by Gasteiger charge is -2.16. The van der Waals surface area contributed by atoms with Crippen LogP contribution >= 0.6 is 0 Å². The second kappa shape index (κ2) is 6.47. The first-order chi connectivity index (χ1) is 9.56. The molecule has 106 valence electrons. The van der Waals surface area contributed by atoms with E-state index in [9.17, 15) is 0 Å². The fourth-order valence-corrected chi connectivity index (χ4v) is 2.17. The number of ether oxygens (including phenoxy) is 1. The van der Waals surface area contributed by atoms with Crippen molar-refractivity contribution in [3.05, 3.63) is 48.5 Å². The van der Waals surface area contributed by atoms with Gasteiger partial charge in [-0.1, -0.05) is 30.3 Å². The number of nitrogens with one attached hydrogen (secondary N) is 1. The van der Waals surface area contributed by atoms with Gasteiger partial charge >= 0.3 is 0 Å². The van der Waals surface area contributed by atoms with Crippen molar-refractivity contribution in [2.45, 2.75) is 39.8 Å². The summed E-state index contributed by atoms with van der Waals surface area (Å²) in [5.74, 6) is 0.934. The summed E-state index contributed by atoms with van der Waals surface area (Å²) in [6.45, 7) is 8.38. The lowest BCUT2D eigenvalue weighted by Crippen LogP contribution is -2.09. The summed E-state index contributed by atoms with van der Waals surface area (Å²) in [6.07, 6.45) is 0.174. The third-order valence-corrected chi connectivity index (χ3v) is 2.88. The third kappa shape index (κ3) is 3.77. The highest BCUT2D eigenvalue weighted by atomic mass is 16.5. The van der Waals surface area contributed by atoms with E-state index in [1.54, 1.807) is 0 Å². The highest BCUT2D eigenvalue weighted by molar-refractivity contribution is 5.73. The number of para-hydroxylation sites is 1. The van der Waals surface area contributed by atoms with Gasteiger partial charge in [0.1, 0.15) is 5.75 Å². The maximum absolute atomic E-state index is 5.90. The van der Waals surface area contributed by atoms with Crippen LogP contribution in [0.3, 0.4) is 0 Å². The molecule has 0 heterocycles. The lowest BCUT2D eigenvalue weighted by atomic mass is 10.0. The molecule has 0 spiro atoms. The minimum absolute atomic E-state index is 0.174. The molecule has 20 heavy (non-hydrogen) atoms. The molecule has 0 saturated heterocycles. The Bertz CT molecular complexity index is 561. The molecule has 0 radical (unpaired) electrons. The van der Waals surface area contributed by atoms with Gasteiger partial charge in [-0.25, -0.2) is 0 Å². The van der Waals surface area contributed by atoms with E-state index in [0.29, 0.717) is 6.04 Å². The molecule has 2 heteroatoms. The van der Waals surface area contributed by atoms with E-state index in [0.717, 1.165) is 17.0 Å². The minimum Gasteiger partial charge on any atom is -0.490 e. The van der Waals surface area contributed by atoms with Crippen LogP contribution in [0, 0.1) is 0 Å². The number of rotatable bonds is 5. The van der Waals surface area contributed by atoms with E-state index in [4.69, 9.17) is 4.74 Å². The average molecular weight is 269 g/mol. The van der Waals surface area contributed by atoms with Gasteiger partial charge in [-0.3, -0.25) is 0 Å². The van der Waals surface area contributed by atoms with Crippen LogP contribution < -0.4 is 10.1 Å². The van der Waals surface area contributed by atoms with E-state index in [-0.39, 0.29) is 6.10 Å². The van der Waals surface area contributed by atoms with Crippen LogP contribution in [0.25, 0.3) is 11.1 Å². The van der Waals surface area contributed by atoms with Gasteiger partial charge in [0.05, 0.1) is 6.10 Å². The van der Waals surface area contributed by atoms with Crippen LogP contribution in [0.15, 0.2) is 48.5 Å². The summed E-state index contributed by atoms with van der Waals surface area (Å²) in [5, 5.41) is 3.43. The predicted molar refractivity (Wildman–Crippen MR) is 86.4 cm³/mol. The minimum atomic E-state index is 0.174. The van der Waals surface area contributed by atoms with Crippen molar-refractivity contribution >= 4 is 5.69 Å². The van der Waals surface area contributed by atoms with Crippen LogP contribution in [-0.4, -0.2) is 12.1 Å². The molecule has 0 aliphatic carbocycles. The Labute approximate surface area is 121 Å². The standard InChI is InChI=1S/C18H23NO/c1-13(2)19-16-9-7-8-15(12-16)17-10-5-6-11-18(17)20-14(3)4/h5-14,19H,1-4H3. The molecule has 2 nitrogen and oxygen atoms in total. The van der Waals surface area contributed by atoms with Gasteiger partial charge in [-0.2, -0.15) is 0 Å². The molecule has 0 bridgehead atoms. The summed E-state index contributed by atoms with van der Waals surface area (Å²) < 4.78 is 5.90. The molecule has 2 aromatic carbocycles. The van der Waals surface area contributed by atoms with Gasteiger partial charge in [-0.05, 0) is 51.5 Å². The maximum Gasteiger partial charge on any atom is 0.127 e. The fraction of sp³-hybridized carbons (Fsp3) is 0.333. The number of anilines is 1.